The number of hydrogen-bond donors (Lipinski definition) is 1. The summed E-state index contributed by atoms with van der Waals surface area (Å²) >= 11 is 0. The van der Waals surface area contributed by atoms with Crippen LogP contribution in [0.1, 0.15) is 53.5 Å². The highest BCUT2D eigenvalue weighted by atomic mass is 16.3. The number of benzene rings is 1. The first-order chi connectivity index (χ1) is 8.51. The summed E-state index contributed by atoms with van der Waals surface area (Å²) in [7, 11) is 0. The van der Waals surface area contributed by atoms with Crippen LogP contribution in [0.3, 0.4) is 0 Å². The lowest BCUT2D eigenvalue weighted by Gasteiger charge is -2.06. The number of ketones is 1. The molecule has 1 N–H and O–H groups in total. The second-order valence-electron chi connectivity index (χ2n) is 4.09. The van der Waals surface area contributed by atoms with E-state index in [1.54, 1.807) is 19.1 Å². The highest BCUT2D eigenvalue weighted by Gasteiger charge is 2.07. The zero-order valence-corrected chi connectivity index (χ0v) is 12.7. The third-order valence-corrected chi connectivity index (χ3v) is 2.17. The molecule has 0 fully saturated rings. The van der Waals surface area contributed by atoms with Crippen LogP contribution in [0.25, 0.3) is 0 Å². The average molecular weight is 252 g/mol. The van der Waals surface area contributed by atoms with Gasteiger partial charge in [-0.1, -0.05) is 53.2 Å². The van der Waals surface area contributed by atoms with Crippen LogP contribution in [0.4, 0.5) is 0 Å². The van der Waals surface area contributed by atoms with Gasteiger partial charge in [-0.3, -0.25) is 4.79 Å². The summed E-state index contributed by atoms with van der Waals surface area (Å²) in [6.45, 7) is 11.8. The van der Waals surface area contributed by atoms with Gasteiger partial charge >= 0.3 is 0 Å². The van der Waals surface area contributed by atoms with Crippen molar-refractivity contribution in [1.29, 1.82) is 0 Å². The minimum absolute atomic E-state index is 0.0598. The number of aromatic hydroxyl groups is 1. The Labute approximate surface area is 112 Å². The molecule has 0 aliphatic rings. The molecule has 1 aromatic rings. The molecular weight excluding hydrogens is 224 g/mol. The molecule has 18 heavy (non-hydrogen) atoms. The van der Waals surface area contributed by atoms with Gasteiger partial charge in [0.05, 0.1) is 0 Å². The summed E-state index contributed by atoms with van der Waals surface area (Å²) in [5.74, 6) is 0.525. The lowest BCUT2D eigenvalue weighted by Crippen LogP contribution is -2.09. The monoisotopic (exact) mass is 252 g/mol. The number of hydrogen-bond acceptors (Lipinski definition) is 2. The normalized spacial score (nSPS) is 10.3. The van der Waals surface area contributed by atoms with Crippen molar-refractivity contribution >= 4 is 5.78 Å². The topological polar surface area (TPSA) is 37.3 Å². The van der Waals surface area contributed by atoms with Gasteiger partial charge in [-0.05, 0) is 31.0 Å². The average Bonchev–Trinajstić information content (AvgIpc) is 2.35. The molecule has 2 nitrogen and oxygen atoms in total. The fourth-order valence-corrected chi connectivity index (χ4v) is 1.13. The van der Waals surface area contributed by atoms with E-state index in [0.29, 0.717) is 0 Å². The molecule has 1 aromatic carbocycles. The Hall–Kier alpha value is -1.31. The van der Waals surface area contributed by atoms with E-state index in [4.69, 9.17) is 5.11 Å². The maximum atomic E-state index is 11.0. The van der Waals surface area contributed by atoms with Gasteiger partial charge in [0.1, 0.15) is 11.5 Å². The number of Topliss-reactive ketones (excluding diaryl/α,β-unsaturated/α-hetero) is 1. The van der Waals surface area contributed by atoms with E-state index in [0.717, 1.165) is 12.0 Å². The Balaban J connectivity index is 0. The molecule has 0 unspecified atom stereocenters. The zero-order chi connectivity index (χ0) is 14.6. The van der Waals surface area contributed by atoms with E-state index in [1.165, 1.54) is 6.42 Å². The third-order valence-electron chi connectivity index (χ3n) is 2.17. The number of carbonyl (C=O) groups excluding carboxylic acids is 1. The molecule has 0 saturated carbocycles. The minimum Gasteiger partial charge on any atom is -0.508 e. The molecule has 104 valence electrons. The Morgan fingerprint density at radius 3 is 1.89 bits per heavy atom. The fourth-order valence-electron chi connectivity index (χ4n) is 1.13. The van der Waals surface area contributed by atoms with Crippen molar-refractivity contribution in [3.05, 3.63) is 29.8 Å². The van der Waals surface area contributed by atoms with Crippen molar-refractivity contribution in [3.8, 4) is 5.75 Å². The standard InChI is InChI=1S/C11H14O2.C3H8.C2H6/c1-8(9(2)12)7-10-3-5-11(13)6-4-10;1-3-2;1-2/h3-6,8,13H,7H2,1-2H3;3H2,1-2H3;1-2H3/t8-;;/m0../s1. The molecule has 0 spiro atoms. The van der Waals surface area contributed by atoms with Gasteiger partial charge < -0.3 is 5.11 Å². The quantitative estimate of drug-likeness (QED) is 0.853. The molecule has 0 saturated heterocycles. The van der Waals surface area contributed by atoms with Gasteiger partial charge in [-0.2, -0.15) is 0 Å². The van der Waals surface area contributed by atoms with Gasteiger partial charge in [0, 0.05) is 5.92 Å². The SMILES string of the molecule is CC.CC(=O)[C@@H](C)Cc1ccc(O)cc1.CCC. The van der Waals surface area contributed by atoms with Crippen LogP contribution in [-0.2, 0) is 11.2 Å². The van der Waals surface area contributed by atoms with Gasteiger partial charge in [-0.15, -0.1) is 0 Å². The lowest BCUT2D eigenvalue weighted by atomic mass is 9.98. The predicted molar refractivity (Wildman–Crippen MR) is 79.0 cm³/mol. The predicted octanol–water partition coefficient (Wildman–Crippen LogP) is 4.60. The van der Waals surface area contributed by atoms with Crippen LogP contribution in [0.15, 0.2) is 24.3 Å². The first kappa shape index (κ1) is 19.0. The highest BCUT2D eigenvalue weighted by molar-refractivity contribution is 5.78. The lowest BCUT2D eigenvalue weighted by molar-refractivity contribution is -0.120. The van der Waals surface area contributed by atoms with Gasteiger partial charge in [-0.25, -0.2) is 0 Å². The van der Waals surface area contributed by atoms with Gasteiger partial charge in [0.2, 0.25) is 0 Å². The Kier molecular flexibility index (Phi) is 12.9. The number of rotatable bonds is 3. The number of phenolic OH excluding ortho intramolecular Hbond substituents is 1. The molecule has 0 aliphatic heterocycles. The van der Waals surface area contributed by atoms with Crippen LogP contribution < -0.4 is 0 Å². The molecule has 1 rings (SSSR count). The van der Waals surface area contributed by atoms with Gasteiger partial charge in [0.25, 0.3) is 0 Å². The maximum absolute atomic E-state index is 11.0. The van der Waals surface area contributed by atoms with Crippen molar-refractivity contribution < 1.29 is 9.90 Å². The molecule has 2 heteroatoms. The summed E-state index contributed by atoms with van der Waals surface area (Å²) in [6, 6.07) is 6.97. The summed E-state index contributed by atoms with van der Waals surface area (Å²) in [6.07, 6.45) is 2.00. The van der Waals surface area contributed by atoms with E-state index in [1.807, 2.05) is 32.9 Å². The Morgan fingerprint density at radius 2 is 1.56 bits per heavy atom. The summed E-state index contributed by atoms with van der Waals surface area (Å²) < 4.78 is 0. The number of carbonyl (C=O) groups is 1. The second-order valence-corrected chi connectivity index (χ2v) is 4.09. The molecule has 0 amide bonds. The van der Waals surface area contributed by atoms with Crippen LogP contribution in [0.2, 0.25) is 0 Å². The molecule has 0 radical (unpaired) electrons. The minimum atomic E-state index is 0.0598. The molecule has 0 bridgehead atoms. The Bertz CT molecular complexity index is 301. The van der Waals surface area contributed by atoms with E-state index >= 15 is 0 Å². The molecule has 0 aliphatic carbocycles. The first-order valence-corrected chi connectivity index (χ1v) is 6.79. The van der Waals surface area contributed by atoms with Crippen molar-refractivity contribution in [2.24, 2.45) is 5.92 Å². The van der Waals surface area contributed by atoms with Crippen molar-refractivity contribution in [3.63, 3.8) is 0 Å². The highest BCUT2D eigenvalue weighted by Crippen LogP contribution is 2.13. The van der Waals surface area contributed by atoms with E-state index < -0.39 is 0 Å². The van der Waals surface area contributed by atoms with Crippen LogP contribution in [0, 0.1) is 5.92 Å². The van der Waals surface area contributed by atoms with E-state index in [-0.39, 0.29) is 17.5 Å². The van der Waals surface area contributed by atoms with Crippen molar-refractivity contribution in [2.45, 2.75) is 54.4 Å². The summed E-state index contributed by atoms with van der Waals surface area (Å²) in [4.78, 5) is 11.0. The van der Waals surface area contributed by atoms with E-state index in [9.17, 15) is 4.79 Å². The largest absolute Gasteiger partial charge is 0.508 e. The molecule has 1 atom stereocenters. The second kappa shape index (κ2) is 12.2. The maximum Gasteiger partial charge on any atom is 0.132 e. The first-order valence-electron chi connectivity index (χ1n) is 6.79. The third kappa shape index (κ3) is 9.88. The molecule has 0 heterocycles. The number of phenols is 1. The van der Waals surface area contributed by atoms with Crippen molar-refractivity contribution in [2.75, 3.05) is 0 Å². The fraction of sp³-hybridized carbons (Fsp3) is 0.562. The van der Waals surface area contributed by atoms with Crippen LogP contribution >= 0.6 is 0 Å². The smallest absolute Gasteiger partial charge is 0.132 e. The van der Waals surface area contributed by atoms with Crippen molar-refractivity contribution in [1.82, 2.24) is 0 Å². The van der Waals surface area contributed by atoms with Crippen LogP contribution in [0.5, 0.6) is 5.75 Å². The summed E-state index contributed by atoms with van der Waals surface area (Å²) in [5, 5.41) is 9.03. The molecular formula is C16H28O2. The van der Waals surface area contributed by atoms with Crippen LogP contribution in [-0.4, -0.2) is 10.9 Å². The zero-order valence-electron chi connectivity index (χ0n) is 12.7. The van der Waals surface area contributed by atoms with E-state index in [2.05, 4.69) is 13.8 Å². The molecule has 0 aromatic heterocycles. The Morgan fingerprint density at radius 1 is 1.17 bits per heavy atom. The summed E-state index contributed by atoms with van der Waals surface area (Å²) in [5.41, 5.74) is 1.08. The van der Waals surface area contributed by atoms with Gasteiger partial charge in [0.15, 0.2) is 0 Å².